The van der Waals surface area contributed by atoms with Gasteiger partial charge >= 0.3 is 17.9 Å². The molecule has 0 spiro atoms. The molecule has 0 aromatic heterocycles. The van der Waals surface area contributed by atoms with Crippen molar-refractivity contribution in [2.75, 3.05) is 27.6 Å². The number of carbonyl (C=O) groups is 3. The number of fused-ring (bicyclic) bond motifs is 1. The van der Waals surface area contributed by atoms with Gasteiger partial charge in [0.25, 0.3) is 0 Å². The summed E-state index contributed by atoms with van der Waals surface area (Å²) in [5.74, 6) is -1.84. The van der Waals surface area contributed by atoms with E-state index in [0.717, 1.165) is 5.56 Å². The zero-order chi connectivity index (χ0) is 27.5. The predicted octanol–water partition coefficient (Wildman–Crippen LogP) is 5.31. The fourth-order valence-corrected chi connectivity index (χ4v) is 4.41. The molecule has 0 amide bonds. The number of esters is 3. The van der Waals surface area contributed by atoms with Crippen LogP contribution in [0.4, 0.5) is 0 Å². The second-order valence-corrected chi connectivity index (χ2v) is 8.97. The zero-order valence-corrected chi connectivity index (χ0v) is 22.9. The maximum Gasteiger partial charge on any atom is 0.323 e. The van der Waals surface area contributed by atoms with E-state index in [2.05, 4.69) is 20.7 Å². The molecule has 0 fully saturated rings. The molecular weight excluding hydrogens is 556 g/mol. The number of rotatable bonds is 8. The molecule has 3 unspecified atom stereocenters. The number of benzene rings is 3. The Balaban J connectivity index is 0.000000279. The smallest absolute Gasteiger partial charge is 0.323 e. The minimum absolute atomic E-state index is 0.127. The van der Waals surface area contributed by atoms with E-state index in [1.807, 2.05) is 48.5 Å². The van der Waals surface area contributed by atoms with E-state index in [0.29, 0.717) is 22.6 Å². The fourth-order valence-electron chi connectivity index (χ4n) is 3.92. The molecule has 1 aliphatic rings. The first-order chi connectivity index (χ1) is 18.4. The molecule has 1 aliphatic heterocycles. The van der Waals surface area contributed by atoms with E-state index in [-0.39, 0.29) is 24.2 Å². The molecule has 200 valence electrons. The van der Waals surface area contributed by atoms with Crippen LogP contribution in [-0.2, 0) is 28.6 Å². The summed E-state index contributed by atoms with van der Waals surface area (Å²) < 4.78 is 25.6. The Labute approximate surface area is 229 Å². The fraction of sp³-hybridized carbons (Fsp3) is 0.276. The largest absolute Gasteiger partial charge is 0.469 e. The molecule has 3 aromatic carbocycles. The van der Waals surface area contributed by atoms with Crippen molar-refractivity contribution in [3.8, 4) is 11.5 Å². The Morgan fingerprint density at radius 2 is 1.29 bits per heavy atom. The summed E-state index contributed by atoms with van der Waals surface area (Å²) in [7, 11) is 2.68. The van der Waals surface area contributed by atoms with Crippen LogP contribution in [0.15, 0.2) is 78.9 Å². The van der Waals surface area contributed by atoms with Crippen LogP contribution in [-0.4, -0.2) is 45.5 Å². The number of halogens is 1. The van der Waals surface area contributed by atoms with Gasteiger partial charge in [0.2, 0.25) is 6.79 Å². The standard InChI is InChI=1S/C20H20O6.C9H9BrO2/c1-3-24-20(22)18(14-9-10-15-16(11-14)26-12-25-15)17(19(21)23-2)13-7-5-4-6-8-13;1-12-9(11)8(10)7-5-3-2-4-6-7/h4-11,17-18H,3,12H2,1-2H3;2-6,8H,1H3. The van der Waals surface area contributed by atoms with Gasteiger partial charge in [0.15, 0.2) is 11.5 Å². The second-order valence-electron chi connectivity index (χ2n) is 8.05. The SMILES string of the molecule is CCOC(=O)C(c1ccc2c(c1)OCO2)C(C(=O)OC)c1ccccc1.COC(=O)C(Br)c1ccccc1. The first kappa shape index (κ1) is 28.7. The third kappa shape index (κ3) is 7.13. The van der Waals surface area contributed by atoms with E-state index < -0.39 is 23.8 Å². The molecule has 0 saturated carbocycles. The van der Waals surface area contributed by atoms with Crippen molar-refractivity contribution in [2.24, 2.45) is 0 Å². The van der Waals surface area contributed by atoms with Crippen molar-refractivity contribution in [3.05, 3.63) is 95.6 Å². The molecule has 4 rings (SSSR count). The lowest BCUT2D eigenvalue weighted by atomic mass is 9.81. The normalized spacial score (nSPS) is 13.7. The van der Waals surface area contributed by atoms with E-state index in [1.54, 1.807) is 37.3 Å². The predicted molar refractivity (Wildman–Crippen MR) is 143 cm³/mol. The van der Waals surface area contributed by atoms with Gasteiger partial charge in [-0.05, 0) is 35.7 Å². The third-order valence-electron chi connectivity index (χ3n) is 5.74. The Morgan fingerprint density at radius 1 is 0.737 bits per heavy atom. The lowest BCUT2D eigenvalue weighted by molar-refractivity contribution is -0.152. The van der Waals surface area contributed by atoms with Crippen LogP contribution in [0.5, 0.6) is 11.5 Å². The van der Waals surface area contributed by atoms with Gasteiger partial charge in [0.1, 0.15) is 4.83 Å². The highest BCUT2D eigenvalue weighted by Crippen LogP contribution is 2.40. The van der Waals surface area contributed by atoms with Crippen molar-refractivity contribution in [3.63, 3.8) is 0 Å². The Morgan fingerprint density at radius 3 is 1.87 bits per heavy atom. The van der Waals surface area contributed by atoms with Crippen LogP contribution in [0.3, 0.4) is 0 Å². The molecule has 3 aromatic rings. The highest BCUT2D eigenvalue weighted by atomic mass is 79.9. The molecular formula is C29H29BrO8. The van der Waals surface area contributed by atoms with Gasteiger partial charge in [-0.1, -0.05) is 82.7 Å². The Bertz CT molecular complexity index is 1220. The van der Waals surface area contributed by atoms with Crippen molar-refractivity contribution in [2.45, 2.75) is 23.6 Å². The molecule has 3 atom stereocenters. The molecule has 38 heavy (non-hydrogen) atoms. The van der Waals surface area contributed by atoms with Gasteiger partial charge in [-0.15, -0.1) is 0 Å². The average Bonchev–Trinajstić information content (AvgIpc) is 3.44. The van der Waals surface area contributed by atoms with E-state index in [1.165, 1.54) is 14.2 Å². The maximum atomic E-state index is 12.8. The topological polar surface area (TPSA) is 97.4 Å². The first-order valence-electron chi connectivity index (χ1n) is 11.9. The number of hydrogen-bond donors (Lipinski definition) is 0. The van der Waals surface area contributed by atoms with Gasteiger partial charge in [-0.25, -0.2) is 0 Å². The Kier molecular flexibility index (Phi) is 10.7. The van der Waals surface area contributed by atoms with Crippen LogP contribution < -0.4 is 9.47 Å². The Hall–Kier alpha value is -3.85. The minimum Gasteiger partial charge on any atom is -0.469 e. The van der Waals surface area contributed by atoms with E-state index in [4.69, 9.17) is 18.9 Å². The first-order valence-corrected chi connectivity index (χ1v) is 12.8. The highest BCUT2D eigenvalue weighted by Gasteiger charge is 2.39. The van der Waals surface area contributed by atoms with Crippen molar-refractivity contribution in [1.82, 2.24) is 0 Å². The van der Waals surface area contributed by atoms with Gasteiger partial charge in [0, 0.05) is 0 Å². The summed E-state index contributed by atoms with van der Waals surface area (Å²) in [6.07, 6.45) is 0. The molecule has 0 radical (unpaired) electrons. The van der Waals surface area contributed by atoms with E-state index >= 15 is 0 Å². The van der Waals surface area contributed by atoms with Gasteiger partial charge in [-0.3, -0.25) is 14.4 Å². The van der Waals surface area contributed by atoms with Crippen molar-refractivity contribution >= 4 is 33.8 Å². The molecule has 1 heterocycles. The van der Waals surface area contributed by atoms with Gasteiger partial charge in [-0.2, -0.15) is 0 Å². The zero-order valence-electron chi connectivity index (χ0n) is 21.3. The van der Waals surface area contributed by atoms with Crippen LogP contribution in [0.25, 0.3) is 0 Å². The van der Waals surface area contributed by atoms with E-state index in [9.17, 15) is 14.4 Å². The monoisotopic (exact) mass is 584 g/mol. The average molecular weight is 585 g/mol. The van der Waals surface area contributed by atoms with Crippen molar-refractivity contribution < 1.29 is 38.1 Å². The number of methoxy groups -OCH3 is 2. The number of alkyl halides is 1. The van der Waals surface area contributed by atoms with Crippen LogP contribution in [0, 0.1) is 0 Å². The summed E-state index contributed by atoms with van der Waals surface area (Å²) in [5.41, 5.74) is 2.19. The quantitative estimate of drug-likeness (QED) is 0.199. The maximum absolute atomic E-state index is 12.8. The van der Waals surface area contributed by atoms with Gasteiger partial charge < -0.3 is 23.7 Å². The molecule has 8 nitrogen and oxygen atoms in total. The van der Waals surface area contributed by atoms with Crippen molar-refractivity contribution in [1.29, 1.82) is 0 Å². The third-order valence-corrected chi connectivity index (χ3v) is 6.65. The molecule has 0 saturated heterocycles. The summed E-state index contributed by atoms with van der Waals surface area (Å²) in [6.45, 7) is 2.06. The summed E-state index contributed by atoms with van der Waals surface area (Å²) in [5, 5.41) is 0. The molecule has 9 heteroatoms. The summed E-state index contributed by atoms with van der Waals surface area (Å²) in [4.78, 5) is 36.0. The second kappa shape index (κ2) is 14.2. The highest BCUT2D eigenvalue weighted by molar-refractivity contribution is 9.09. The van der Waals surface area contributed by atoms with Crippen LogP contribution in [0.1, 0.15) is 40.3 Å². The lowest BCUT2D eigenvalue weighted by Crippen LogP contribution is -2.29. The number of carbonyl (C=O) groups excluding carboxylic acids is 3. The summed E-state index contributed by atoms with van der Waals surface area (Å²) >= 11 is 3.24. The number of ether oxygens (including phenoxy) is 5. The number of hydrogen-bond acceptors (Lipinski definition) is 8. The summed E-state index contributed by atoms with van der Waals surface area (Å²) in [6, 6.07) is 23.6. The molecule has 0 N–H and O–H groups in total. The molecule has 0 bridgehead atoms. The lowest BCUT2D eigenvalue weighted by Gasteiger charge is -2.24. The van der Waals surface area contributed by atoms with Crippen LogP contribution >= 0.6 is 15.9 Å². The molecule has 0 aliphatic carbocycles. The minimum atomic E-state index is -0.862. The van der Waals surface area contributed by atoms with Crippen LogP contribution in [0.2, 0.25) is 0 Å². The van der Waals surface area contributed by atoms with Gasteiger partial charge in [0.05, 0.1) is 32.7 Å².